The summed E-state index contributed by atoms with van der Waals surface area (Å²) in [4.78, 5) is 4.84. The molecule has 2 aromatic carbocycles. The molecule has 1 fully saturated rings. The highest BCUT2D eigenvalue weighted by Crippen LogP contribution is 2.35. The molecular weight excluding hydrogens is 410 g/mol. The van der Waals surface area contributed by atoms with Crippen molar-refractivity contribution in [1.82, 2.24) is 19.2 Å². The van der Waals surface area contributed by atoms with Gasteiger partial charge >= 0.3 is 0 Å². The Morgan fingerprint density at radius 1 is 1.03 bits per heavy atom. The summed E-state index contributed by atoms with van der Waals surface area (Å²) in [5.41, 5.74) is 2.59. The zero-order chi connectivity index (χ0) is 21.4. The summed E-state index contributed by atoms with van der Waals surface area (Å²) >= 11 is 5.67. The van der Waals surface area contributed by atoms with Gasteiger partial charge in [-0.3, -0.25) is 4.90 Å². The van der Waals surface area contributed by atoms with Crippen molar-refractivity contribution in [3.63, 3.8) is 0 Å². The maximum absolute atomic E-state index is 6.14. The maximum atomic E-state index is 6.14. The van der Waals surface area contributed by atoms with Gasteiger partial charge in [0.1, 0.15) is 6.61 Å². The summed E-state index contributed by atoms with van der Waals surface area (Å²) in [6, 6.07) is 16.4. The number of aromatic nitrogens is 3. The third kappa shape index (κ3) is 4.05. The minimum Gasteiger partial charge on any atom is -0.485 e. The third-order valence-electron chi connectivity index (χ3n) is 5.94. The third-order valence-corrected chi connectivity index (χ3v) is 6.43. The first kappa shape index (κ1) is 20.1. The highest BCUT2D eigenvalue weighted by Gasteiger charge is 2.28. The van der Waals surface area contributed by atoms with E-state index in [0.29, 0.717) is 18.0 Å². The van der Waals surface area contributed by atoms with E-state index in [1.165, 1.54) is 11.3 Å². The number of nitrogens with zero attached hydrogens (tertiary/aromatic N) is 5. The molecule has 5 rings (SSSR count). The maximum Gasteiger partial charge on any atom is 0.198 e. The van der Waals surface area contributed by atoms with Crippen LogP contribution in [0.4, 0.5) is 5.69 Å². The first-order chi connectivity index (χ1) is 15.1. The fraction of sp³-hybridized carbons (Fsp3) is 0.391. The van der Waals surface area contributed by atoms with Crippen LogP contribution in [-0.4, -0.2) is 52.0 Å². The van der Waals surface area contributed by atoms with Crippen LogP contribution in [0.5, 0.6) is 11.5 Å². The summed E-state index contributed by atoms with van der Waals surface area (Å²) in [6.45, 7) is 7.17. The zero-order valence-electron chi connectivity index (χ0n) is 17.9. The average Bonchev–Trinajstić information content (AvgIpc) is 3.08. The topological polar surface area (TPSA) is 47.7 Å². The summed E-state index contributed by atoms with van der Waals surface area (Å²) in [5, 5.41) is 4.80. The van der Waals surface area contributed by atoms with Crippen LogP contribution in [0.15, 0.2) is 48.5 Å². The monoisotopic (exact) mass is 437 g/mol. The van der Waals surface area contributed by atoms with Crippen LogP contribution in [0.25, 0.3) is 0 Å². The molecule has 7 nitrogen and oxygen atoms in total. The van der Waals surface area contributed by atoms with Gasteiger partial charge in [0.2, 0.25) is 0 Å². The van der Waals surface area contributed by atoms with Crippen molar-refractivity contribution in [3.8, 4) is 11.5 Å². The number of hydrogen-bond donors (Lipinski definition) is 0. The lowest BCUT2D eigenvalue weighted by Crippen LogP contribution is -2.47. The van der Waals surface area contributed by atoms with Gasteiger partial charge in [-0.1, -0.05) is 24.3 Å². The van der Waals surface area contributed by atoms with E-state index in [0.717, 1.165) is 43.5 Å². The van der Waals surface area contributed by atoms with Crippen LogP contribution < -0.4 is 14.4 Å². The van der Waals surface area contributed by atoms with Gasteiger partial charge in [0.25, 0.3) is 0 Å². The van der Waals surface area contributed by atoms with Crippen molar-refractivity contribution >= 4 is 17.9 Å². The quantitative estimate of drug-likeness (QED) is 0.582. The molecule has 3 aromatic rings. The van der Waals surface area contributed by atoms with E-state index in [1.807, 2.05) is 40.6 Å². The van der Waals surface area contributed by atoms with Gasteiger partial charge in [0.05, 0.1) is 6.67 Å². The van der Waals surface area contributed by atoms with Crippen LogP contribution >= 0.6 is 12.2 Å². The summed E-state index contributed by atoms with van der Waals surface area (Å²) in [6.07, 6.45) is -0.277. The van der Waals surface area contributed by atoms with E-state index in [-0.39, 0.29) is 6.10 Å². The van der Waals surface area contributed by atoms with Crippen molar-refractivity contribution < 1.29 is 9.47 Å². The molecule has 8 heteroatoms. The van der Waals surface area contributed by atoms with Gasteiger partial charge in [-0.25, -0.2) is 4.68 Å². The highest BCUT2D eigenvalue weighted by atomic mass is 32.1. The molecule has 2 aliphatic rings. The van der Waals surface area contributed by atoms with Crippen LogP contribution in [0.1, 0.15) is 17.5 Å². The van der Waals surface area contributed by atoms with Gasteiger partial charge in [-0.05, 0) is 49.0 Å². The van der Waals surface area contributed by atoms with Gasteiger partial charge < -0.3 is 18.9 Å². The highest BCUT2D eigenvalue weighted by molar-refractivity contribution is 7.71. The minimum absolute atomic E-state index is 0.277. The van der Waals surface area contributed by atoms with Crippen LogP contribution in [0.2, 0.25) is 0 Å². The summed E-state index contributed by atoms with van der Waals surface area (Å²) in [7, 11) is 1.95. The predicted molar refractivity (Wildman–Crippen MR) is 122 cm³/mol. The normalized spacial score (nSPS) is 18.9. The van der Waals surface area contributed by atoms with Crippen molar-refractivity contribution in [2.24, 2.45) is 7.05 Å². The SMILES string of the molecule is Cc1cccc(N2CCN(Cn3nc(C4COc5ccccc5O4)n(C)c3=S)CC2)c1. The molecule has 0 bridgehead atoms. The average molecular weight is 438 g/mol. The molecule has 1 aromatic heterocycles. The molecular formula is C23H27N5O2S. The molecule has 162 valence electrons. The Balaban J connectivity index is 1.26. The molecule has 0 radical (unpaired) electrons. The van der Waals surface area contributed by atoms with Crippen molar-refractivity contribution in [1.29, 1.82) is 0 Å². The smallest absolute Gasteiger partial charge is 0.198 e. The molecule has 0 aliphatic carbocycles. The lowest BCUT2D eigenvalue weighted by molar-refractivity contribution is 0.0820. The van der Waals surface area contributed by atoms with Gasteiger partial charge in [-0.2, -0.15) is 5.10 Å². The zero-order valence-corrected chi connectivity index (χ0v) is 18.7. The van der Waals surface area contributed by atoms with Gasteiger partial charge in [0.15, 0.2) is 28.2 Å². The van der Waals surface area contributed by atoms with E-state index in [1.54, 1.807) is 0 Å². The second kappa shape index (κ2) is 8.36. The van der Waals surface area contributed by atoms with E-state index in [9.17, 15) is 0 Å². The van der Waals surface area contributed by atoms with Crippen molar-refractivity contribution in [2.75, 3.05) is 37.7 Å². The van der Waals surface area contributed by atoms with Crippen LogP contribution in [-0.2, 0) is 13.7 Å². The molecule has 0 saturated carbocycles. The number of anilines is 1. The Morgan fingerprint density at radius 2 is 1.81 bits per heavy atom. The Hall–Kier alpha value is -2.84. The number of benzene rings is 2. The lowest BCUT2D eigenvalue weighted by Gasteiger charge is -2.36. The molecule has 0 N–H and O–H groups in total. The fourth-order valence-corrected chi connectivity index (χ4v) is 4.38. The van der Waals surface area contributed by atoms with E-state index in [4.69, 9.17) is 26.8 Å². The number of ether oxygens (including phenoxy) is 2. The van der Waals surface area contributed by atoms with E-state index >= 15 is 0 Å². The predicted octanol–water partition coefficient (Wildman–Crippen LogP) is 3.55. The van der Waals surface area contributed by atoms with Gasteiger partial charge in [-0.15, -0.1) is 0 Å². The Kier molecular flexibility index (Phi) is 5.41. The Labute approximate surface area is 187 Å². The van der Waals surface area contributed by atoms with Gasteiger partial charge in [0, 0.05) is 38.9 Å². The largest absolute Gasteiger partial charge is 0.485 e. The van der Waals surface area contributed by atoms with E-state index < -0.39 is 0 Å². The summed E-state index contributed by atoms with van der Waals surface area (Å²) < 4.78 is 16.5. The number of aryl methyl sites for hydroxylation is 1. The lowest BCUT2D eigenvalue weighted by atomic mass is 10.2. The summed E-state index contributed by atoms with van der Waals surface area (Å²) in [5.74, 6) is 2.30. The fourth-order valence-electron chi connectivity index (χ4n) is 4.19. The van der Waals surface area contributed by atoms with E-state index in [2.05, 4.69) is 41.0 Å². The molecule has 2 aliphatic heterocycles. The Bertz CT molecular complexity index is 1130. The Morgan fingerprint density at radius 3 is 2.58 bits per heavy atom. The van der Waals surface area contributed by atoms with Crippen LogP contribution in [0.3, 0.4) is 0 Å². The number of para-hydroxylation sites is 2. The number of fused-ring (bicyclic) bond motifs is 1. The number of piperazine rings is 1. The minimum atomic E-state index is -0.277. The van der Waals surface area contributed by atoms with Crippen LogP contribution in [0, 0.1) is 11.7 Å². The standard InChI is InChI=1S/C23H27N5O2S/c1-17-6-5-7-18(14-17)27-12-10-26(11-13-27)16-28-23(31)25(2)22(24-28)21-15-29-19-8-3-4-9-20(19)30-21/h3-9,14,21H,10-13,15-16H2,1-2H3. The van der Waals surface area contributed by atoms with Crippen molar-refractivity contribution in [3.05, 3.63) is 64.7 Å². The molecule has 0 spiro atoms. The molecule has 31 heavy (non-hydrogen) atoms. The molecule has 0 amide bonds. The molecule has 1 atom stereocenters. The first-order valence-corrected chi connectivity index (χ1v) is 11.1. The number of hydrogen-bond acceptors (Lipinski definition) is 6. The van der Waals surface area contributed by atoms with Crippen molar-refractivity contribution in [2.45, 2.75) is 19.7 Å². The molecule has 1 unspecified atom stereocenters. The second-order valence-corrected chi connectivity index (χ2v) is 8.51. The number of rotatable bonds is 4. The molecule has 1 saturated heterocycles. The second-order valence-electron chi connectivity index (χ2n) is 8.15. The first-order valence-electron chi connectivity index (χ1n) is 10.6. The molecule has 3 heterocycles.